The van der Waals surface area contributed by atoms with Crippen molar-refractivity contribution in [3.63, 3.8) is 0 Å². The molecule has 1 heterocycles. The van der Waals surface area contributed by atoms with Crippen LogP contribution in [0, 0.1) is 10.8 Å². The lowest BCUT2D eigenvalue weighted by Gasteiger charge is -2.34. The fraction of sp³-hybridized carbons (Fsp3) is 0.400. The predicted octanol–water partition coefficient (Wildman–Crippen LogP) is 3.95. The number of hydrogen-bond acceptors (Lipinski definition) is 2. The zero-order valence-corrected chi connectivity index (χ0v) is 10.9. The number of aliphatic hydroxyl groups is 1. The van der Waals surface area contributed by atoms with Gasteiger partial charge in [-0.15, -0.1) is 0 Å². The minimum Gasteiger partial charge on any atom is -0.506 e. The minimum absolute atomic E-state index is 0.0891. The third-order valence-electron chi connectivity index (χ3n) is 3.97. The number of aliphatic hydroxyl groups excluding tert-OH is 1. The normalized spacial score (nSPS) is 36.4. The number of aliphatic imine (C=N–C) groups is 1. The molecule has 0 radical (unpaired) electrons. The first-order chi connectivity index (χ1) is 8.08. The average Bonchev–Trinajstić information content (AvgIpc) is 2.66. The lowest BCUT2D eigenvalue weighted by molar-refractivity contribution is 0.326. The van der Waals surface area contributed by atoms with Crippen LogP contribution in [0.1, 0.15) is 27.7 Å². The van der Waals surface area contributed by atoms with E-state index >= 15 is 0 Å². The molecule has 3 aliphatic rings. The smallest absolute Gasteiger partial charge is 0.137 e. The Balaban J connectivity index is 0.000000514. The quantitative estimate of drug-likeness (QED) is 0.670. The first-order valence-electron chi connectivity index (χ1n) is 6.15. The van der Waals surface area contributed by atoms with Gasteiger partial charge in [-0.1, -0.05) is 38.2 Å². The molecule has 90 valence electrons. The van der Waals surface area contributed by atoms with E-state index in [1.807, 2.05) is 26.1 Å². The summed E-state index contributed by atoms with van der Waals surface area (Å²) in [6.45, 7) is 8.30. The molecule has 2 unspecified atom stereocenters. The lowest BCUT2D eigenvalue weighted by atomic mass is 9.66. The van der Waals surface area contributed by atoms with Crippen LogP contribution in [-0.4, -0.2) is 11.3 Å². The van der Waals surface area contributed by atoms with Crippen LogP contribution in [0.15, 0.2) is 52.4 Å². The summed E-state index contributed by atoms with van der Waals surface area (Å²) in [5.74, 6) is 0.285. The second kappa shape index (κ2) is 3.73. The molecule has 0 bridgehead atoms. The van der Waals surface area contributed by atoms with Crippen LogP contribution in [0.4, 0.5) is 0 Å². The highest BCUT2D eigenvalue weighted by Gasteiger charge is 2.54. The van der Waals surface area contributed by atoms with E-state index in [9.17, 15) is 5.11 Å². The van der Waals surface area contributed by atoms with Crippen LogP contribution in [0.2, 0.25) is 0 Å². The second-order valence-electron chi connectivity index (χ2n) is 4.71. The Morgan fingerprint density at radius 1 is 1.18 bits per heavy atom. The number of rotatable bonds is 0. The summed E-state index contributed by atoms with van der Waals surface area (Å²) in [4.78, 5) is 4.39. The van der Waals surface area contributed by atoms with Crippen molar-refractivity contribution in [2.45, 2.75) is 27.7 Å². The van der Waals surface area contributed by atoms with Crippen molar-refractivity contribution in [2.75, 3.05) is 0 Å². The molecule has 1 aliphatic heterocycles. The van der Waals surface area contributed by atoms with E-state index in [-0.39, 0.29) is 16.6 Å². The van der Waals surface area contributed by atoms with Crippen molar-refractivity contribution in [2.24, 2.45) is 15.8 Å². The fourth-order valence-electron chi connectivity index (χ4n) is 2.67. The average molecular weight is 229 g/mol. The third-order valence-corrected chi connectivity index (χ3v) is 3.97. The van der Waals surface area contributed by atoms with Crippen LogP contribution >= 0.6 is 0 Å². The Morgan fingerprint density at radius 3 is 2.59 bits per heavy atom. The van der Waals surface area contributed by atoms with Crippen LogP contribution < -0.4 is 0 Å². The van der Waals surface area contributed by atoms with Crippen LogP contribution in [-0.2, 0) is 0 Å². The SMILES string of the molecule is CC.CC12C=CC3=CC=CC(O)=C(N=C1)C32C. The standard InChI is InChI=1S/C13H13NO.C2H6/c1-12-7-6-9-4-3-5-10(15)11(14-8-12)13(9,12)2;1-2/h3-8,15H,1-2H3;1-2H3. The summed E-state index contributed by atoms with van der Waals surface area (Å²) < 4.78 is 0. The molecule has 17 heavy (non-hydrogen) atoms. The maximum atomic E-state index is 9.92. The van der Waals surface area contributed by atoms with E-state index in [0.717, 1.165) is 5.70 Å². The number of hydrogen-bond donors (Lipinski definition) is 1. The van der Waals surface area contributed by atoms with Gasteiger partial charge in [0.1, 0.15) is 5.76 Å². The van der Waals surface area contributed by atoms with E-state index in [2.05, 4.69) is 37.1 Å². The lowest BCUT2D eigenvalue weighted by Crippen LogP contribution is -2.32. The van der Waals surface area contributed by atoms with Crippen molar-refractivity contribution in [1.29, 1.82) is 0 Å². The highest BCUT2D eigenvalue weighted by atomic mass is 16.3. The van der Waals surface area contributed by atoms with Crippen molar-refractivity contribution in [3.8, 4) is 0 Å². The molecule has 3 rings (SSSR count). The van der Waals surface area contributed by atoms with Gasteiger partial charge in [0.05, 0.1) is 11.1 Å². The largest absolute Gasteiger partial charge is 0.506 e. The van der Waals surface area contributed by atoms with Gasteiger partial charge in [0, 0.05) is 11.6 Å². The Morgan fingerprint density at radius 2 is 1.88 bits per heavy atom. The molecular formula is C15H19NO. The molecule has 0 fully saturated rings. The van der Waals surface area contributed by atoms with Gasteiger partial charge in [0.25, 0.3) is 0 Å². The molecule has 0 aromatic carbocycles. The Hall–Kier alpha value is -1.57. The van der Waals surface area contributed by atoms with E-state index in [1.54, 1.807) is 6.08 Å². The maximum Gasteiger partial charge on any atom is 0.137 e. The van der Waals surface area contributed by atoms with E-state index in [4.69, 9.17) is 0 Å². The molecule has 2 atom stereocenters. The van der Waals surface area contributed by atoms with E-state index < -0.39 is 0 Å². The Kier molecular flexibility index (Phi) is 2.61. The van der Waals surface area contributed by atoms with Gasteiger partial charge in [-0.05, 0) is 25.5 Å². The summed E-state index contributed by atoms with van der Waals surface area (Å²) >= 11 is 0. The number of nitrogens with zero attached hydrogens (tertiary/aromatic N) is 1. The molecule has 0 spiro atoms. The first kappa shape index (κ1) is 11.9. The summed E-state index contributed by atoms with van der Waals surface area (Å²) in [7, 11) is 0. The van der Waals surface area contributed by atoms with Gasteiger partial charge in [0.15, 0.2) is 0 Å². The topological polar surface area (TPSA) is 32.6 Å². The first-order valence-corrected chi connectivity index (χ1v) is 6.15. The molecule has 2 heteroatoms. The van der Waals surface area contributed by atoms with Gasteiger partial charge in [-0.2, -0.15) is 0 Å². The zero-order valence-electron chi connectivity index (χ0n) is 10.9. The van der Waals surface area contributed by atoms with Crippen LogP contribution in [0.5, 0.6) is 0 Å². The van der Waals surface area contributed by atoms with Crippen LogP contribution in [0.25, 0.3) is 0 Å². The van der Waals surface area contributed by atoms with Crippen molar-refractivity contribution < 1.29 is 5.11 Å². The van der Waals surface area contributed by atoms with Gasteiger partial charge in [-0.25, -0.2) is 0 Å². The summed E-state index contributed by atoms with van der Waals surface area (Å²) in [6, 6.07) is 0. The molecule has 2 aliphatic carbocycles. The van der Waals surface area contributed by atoms with Gasteiger partial charge >= 0.3 is 0 Å². The molecule has 0 amide bonds. The molecule has 0 aromatic heterocycles. The van der Waals surface area contributed by atoms with Crippen molar-refractivity contribution in [1.82, 2.24) is 0 Å². The molecule has 0 aromatic rings. The summed E-state index contributed by atoms with van der Waals surface area (Å²) in [5, 5.41) is 9.92. The van der Waals surface area contributed by atoms with Gasteiger partial charge in [0.2, 0.25) is 0 Å². The molecule has 2 nitrogen and oxygen atoms in total. The number of allylic oxidation sites excluding steroid dienone is 6. The Bertz CT molecular complexity index is 493. The van der Waals surface area contributed by atoms with Gasteiger partial charge in [-0.3, -0.25) is 4.99 Å². The highest BCUT2D eigenvalue weighted by molar-refractivity contribution is 5.81. The molecule has 0 saturated carbocycles. The van der Waals surface area contributed by atoms with Crippen molar-refractivity contribution >= 4 is 6.21 Å². The monoisotopic (exact) mass is 229 g/mol. The summed E-state index contributed by atoms with van der Waals surface area (Å²) in [5.41, 5.74) is 1.72. The molecule has 0 saturated heterocycles. The fourth-order valence-corrected chi connectivity index (χ4v) is 2.67. The second-order valence-corrected chi connectivity index (χ2v) is 4.71. The van der Waals surface area contributed by atoms with Crippen LogP contribution in [0.3, 0.4) is 0 Å². The highest BCUT2D eigenvalue weighted by Crippen LogP contribution is 2.59. The maximum absolute atomic E-state index is 9.92. The van der Waals surface area contributed by atoms with Gasteiger partial charge < -0.3 is 5.11 Å². The Labute approximate surface area is 103 Å². The zero-order chi connectivity index (χ0) is 12.7. The van der Waals surface area contributed by atoms with E-state index in [1.165, 1.54) is 5.57 Å². The minimum atomic E-state index is -0.194. The van der Waals surface area contributed by atoms with Crippen molar-refractivity contribution in [3.05, 3.63) is 47.4 Å². The molecular weight excluding hydrogens is 210 g/mol. The predicted molar refractivity (Wildman–Crippen MR) is 72.1 cm³/mol. The third kappa shape index (κ3) is 1.30. The summed E-state index contributed by atoms with van der Waals surface area (Å²) in [6.07, 6.45) is 11.9. The van der Waals surface area contributed by atoms with E-state index in [0.29, 0.717) is 0 Å². The molecule has 1 N–H and O–H groups in total.